The molecule has 1 heterocycles. The summed E-state index contributed by atoms with van der Waals surface area (Å²) >= 11 is 1.54. The van der Waals surface area contributed by atoms with E-state index >= 15 is 0 Å². The maximum absolute atomic E-state index is 4.56. The van der Waals surface area contributed by atoms with Crippen molar-refractivity contribution in [1.82, 2.24) is 4.98 Å². The fraction of sp³-hybridized carbons (Fsp3) is 0.0952. The van der Waals surface area contributed by atoms with Gasteiger partial charge in [0.05, 0.1) is 0 Å². The summed E-state index contributed by atoms with van der Waals surface area (Å²) in [6.07, 6.45) is 4.24. The van der Waals surface area contributed by atoms with Crippen LogP contribution in [0.4, 0.5) is 0 Å². The van der Waals surface area contributed by atoms with Gasteiger partial charge in [-0.05, 0) is 0 Å². The third-order valence-electron chi connectivity index (χ3n) is 4.45. The van der Waals surface area contributed by atoms with Crippen molar-refractivity contribution in [3.05, 3.63) is 89.1 Å². The third kappa shape index (κ3) is 3.67. The van der Waals surface area contributed by atoms with E-state index in [1.807, 2.05) is 12.3 Å². The number of rotatable bonds is 2. The monoisotopic (exact) mass is 442 g/mol. The molecule has 0 saturated carbocycles. The topological polar surface area (TPSA) is 12.9 Å². The van der Waals surface area contributed by atoms with E-state index < -0.39 is 0 Å². The van der Waals surface area contributed by atoms with E-state index in [1.165, 1.54) is 58.1 Å². The van der Waals surface area contributed by atoms with Crippen molar-refractivity contribution in [2.24, 2.45) is 0 Å². The number of hydrogen-bond donors (Lipinski definition) is 0. The Balaban J connectivity index is 0.00000113. The van der Waals surface area contributed by atoms with Crippen molar-refractivity contribution in [2.75, 3.05) is 0 Å². The molecule has 3 aromatic rings. The molecule has 0 amide bonds. The molecular formula is C21H16Cl2NZr. The molecule has 1 aliphatic carbocycles. The number of benzene rings is 2. The molecule has 25 heavy (non-hydrogen) atoms. The molecule has 4 rings (SSSR count). The Hall–Kier alpha value is -1.21. The first kappa shape index (κ1) is 20.1. The summed E-state index contributed by atoms with van der Waals surface area (Å²) in [4.78, 5) is 4.56. The SMILES string of the molecule is Cc1ccc(-c2ccccn2)c2c1[CH]([Zr+2])C(c1ccccc1)=C2.[Cl-].[Cl-]. The average molecular weight is 444 g/mol. The van der Waals surface area contributed by atoms with E-state index in [1.54, 1.807) is 0 Å². The molecule has 1 nitrogen and oxygen atoms in total. The van der Waals surface area contributed by atoms with Gasteiger partial charge in [0.25, 0.3) is 0 Å². The molecule has 0 fully saturated rings. The van der Waals surface area contributed by atoms with Crippen molar-refractivity contribution in [2.45, 2.75) is 10.5 Å². The standard InChI is InChI=1S/C21H16N.2ClH.Zr/c1-15-10-11-18(21-9-5-6-12-22-21)20-14-17(13-19(15)20)16-7-3-2-4-8-16;;;/h2-14H,1H3;2*1H;/q;;;+2/p-2. The molecule has 0 spiro atoms. The van der Waals surface area contributed by atoms with Crippen LogP contribution in [0.3, 0.4) is 0 Å². The van der Waals surface area contributed by atoms with Crippen LogP contribution in [-0.4, -0.2) is 4.98 Å². The number of pyridine rings is 1. The van der Waals surface area contributed by atoms with Gasteiger partial charge in [0.1, 0.15) is 0 Å². The van der Waals surface area contributed by atoms with E-state index in [-0.39, 0.29) is 24.8 Å². The zero-order chi connectivity index (χ0) is 15.8. The molecule has 0 radical (unpaired) electrons. The first-order valence-corrected chi connectivity index (χ1v) is 9.20. The second kappa shape index (κ2) is 8.45. The van der Waals surface area contributed by atoms with E-state index in [2.05, 4.69) is 72.6 Å². The van der Waals surface area contributed by atoms with E-state index in [9.17, 15) is 0 Å². The minimum Gasteiger partial charge on any atom is -1.00 e. The maximum Gasteiger partial charge on any atom is -1.00 e. The Morgan fingerprint density at radius 3 is 2.28 bits per heavy atom. The van der Waals surface area contributed by atoms with Crippen molar-refractivity contribution in [3.63, 3.8) is 0 Å². The predicted octanol–water partition coefficient (Wildman–Crippen LogP) is -0.793. The minimum atomic E-state index is 0. The summed E-state index contributed by atoms with van der Waals surface area (Å²) in [7, 11) is 0. The molecule has 4 heteroatoms. The summed E-state index contributed by atoms with van der Waals surface area (Å²) in [5.74, 6) is 0. The summed E-state index contributed by atoms with van der Waals surface area (Å²) in [6.45, 7) is 2.22. The van der Waals surface area contributed by atoms with Crippen LogP contribution in [0.25, 0.3) is 22.9 Å². The van der Waals surface area contributed by atoms with Gasteiger partial charge in [-0.2, -0.15) is 0 Å². The van der Waals surface area contributed by atoms with Crippen LogP contribution in [0, 0.1) is 6.92 Å². The molecule has 0 bridgehead atoms. The van der Waals surface area contributed by atoms with Gasteiger partial charge in [0.15, 0.2) is 0 Å². The van der Waals surface area contributed by atoms with Gasteiger partial charge in [0, 0.05) is 0 Å². The molecule has 2 aromatic carbocycles. The first-order valence-electron chi connectivity index (χ1n) is 7.79. The molecule has 123 valence electrons. The fourth-order valence-corrected chi connectivity index (χ4v) is 4.86. The van der Waals surface area contributed by atoms with Crippen LogP contribution in [0.5, 0.6) is 0 Å². The van der Waals surface area contributed by atoms with Crippen LogP contribution in [0.15, 0.2) is 66.9 Å². The molecule has 0 aliphatic heterocycles. The number of nitrogens with zero attached hydrogens (tertiary/aromatic N) is 1. The predicted molar refractivity (Wildman–Crippen MR) is 91.5 cm³/mol. The Morgan fingerprint density at radius 1 is 0.880 bits per heavy atom. The van der Waals surface area contributed by atoms with Gasteiger partial charge < -0.3 is 24.8 Å². The van der Waals surface area contributed by atoms with Gasteiger partial charge in [-0.25, -0.2) is 0 Å². The Kier molecular flexibility index (Phi) is 6.80. The fourth-order valence-electron chi connectivity index (χ4n) is 3.30. The molecule has 1 unspecified atom stereocenters. The normalized spacial score (nSPS) is 14.8. The van der Waals surface area contributed by atoms with Crippen LogP contribution in [0.2, 0.25) is 0 Å². The summed E-state index contributed by atoms with van der Waals surface area (Å²) in [6, 6.07) is 21.3. The summed E-state index contributed by atoms with van der Waals surface area (Å²) in [5.41, 5.74) is 9.27. The number of aromatic nitrogens is 1. The number of allylic oxidation sites excluding steroid dienone is 1. The zero-order valence-corrected chi connectivity index (χ0v) is 17.7. The maximum atomic E-state index is 4.56. The largest absolute Gasteiger partial charge is 1.00 e. The second-order valence-electron chi connectivity index (χ2n) is 5.87. The number of fused-ring (bicyclic) bond motifs is 1. The van der Waals surface area contributed by atoms with Gasteiger partial charge in [-0.1, -0.05) is 0 Å². The molecule has 0 N–H and O–H groups in total. The average Bonchev–Trinajstić information content (AvgIpc) is 2.95. The molecule has 0 saturated heterocycles. The number of hydrogen-bond acceptors (Lipinski definition) is 1. The molecule has 1 aromatic heterocycles. The summed E-state index contributed by atoms with van der Waals surface area (Å²) in [5, 5.41) is 0. The van der Waals surface area contributed by atoms with E-state index in [4.69, 9.17) is 0 Å². The van der Waals surface area contributed by atoms with Gasteiger partial charge in [0.2, 0.25) is 0 Å². The van der Waals surface area contributed by atoms with Crippen molar-refractivity contribution >= 4 is 11.6 Å². The van der Waals surface area contributed by atoms with E-state index in [0.717, 1.165) is 5.69 Å². The van der Waals surface area contributed by atoms with Crippen LogP contribution in [-0.2, 0) is 24.7 Å². The third-order valence-corrected chi connectivity index (χ3v) is 5.93. The number of halogens is 2. The number of aryl methyl sites for hydroxylation is 1. The molecule has 1 atom stereocenters. The first-order chi connectivity index (χ1) is 11.3. The van der Waals surface area contributed by atoms with Gasteiger partial charge >= 0.3 is 152 Å². The van der Waals surface area contributed by atoms with Crippen molar-refractivity contribution in [3.8, 4) is 11.3 Å². The van der Waals surface area contributed by atoms with Crippen LogP contribution in [0.1, 0.15) is 25.9 Å². The smallest absolute Gasteiger partial charge is 1.00 e. The molecular weight excluding hydrogens is 428 g/mol. The minimum absolute atomic E-state index is 0. The Morgan fingerprint density at radius 2 is 1.60 bits per heavy atom. The summed E-state index contributed by atoms with van der Waals surface area (Å²) < 4.78 is 0.503. The second-order valence-corrected chi connectivity index (χ2v) is 7.29. The molecule has 1 aliphatic rings. The quantitative estimate of drug-likeness (QED) is 0.505. The van der Waals surface area contributed by atoms with E-state index in [0.29, 0.717) is 3.63 Å². The van der Waals surface area contributed by atoms with Crippen LogP contribution < -0.4 is 24.8 Å². The Bertz CT molecular complexity index is 893. The van der Waals surface area contributed by atoms with Gasteiger partial charge in [-0.3, -0.25) is 0 Å². The zero-order valence-electron chi connectivity index (χ0n) is 13.7. The van der Waals surface area contributed by atoms with Crippen LogP contribution >= 0.6 is 0 Å². The van der Waals surface area contributed by atoms with Crippen molar-refractivity contribution < 1.29 is 49.5 Å². The van der Waals surface area contributed by atoms with Crippen molar-refractivity contribution in [1.29, 1.82) is 0 Å². The Labute approximate surface area is 176 Å². The van der Waals surface area contributed by atoms with Gasteiger partial charge in [-0.15, -0.1) is 0 Å².